The van der Waals surface area contributed by atoms with Crippen LogP contribution >= 0.6 is 0 Å². The molecule has 0 aliphatic carbocycles. The summed E-state index contributed by atoms with van der Waals surface area (Å²) in [6.45, 7) is 7.86. The molecular weight excluding hydrogens is 467 g/mol. The summed E-state index contributed by atoms with van der Waals surface area (Å²) in [5.41, 5.74) is 0.823. The molecule has 0 radical (unpaired) electrons. The molecule has 0 N–H and O–H groups in total. The van der Waals surface area contributed by atoms with E-state index < -0.39 is 11.5 Å². The van der Waals surface area contributed by atoms with Crippen LogP contribution in [0, 0.1) is 11.7 Å². The summed E-state index contributed by atoms with van der Waals surface area (Å²) in [7, 11) is 1.36. The van der Waals surface area contributed by atoms with Gasteiger partial charge in [-0.3, -0.25) is 14.3 Å². The normalized spacial score (nSPS) is 14.4. The second-order valence-electron chi connectivity index (χ2n) is 9.19. The van der Waals surface area contributed by atoms with Crippen molar-refractivity contribution in [2.24, 2.45) is 5.92 Å². The lowest BCUT2D eigenvalue weighted by Gasteiger charge is -2.26. The predicted molar refractivity (Wildman–Crippen MR) is 131 cm³/mol. The number of aromatic nitrogens is 5. The number of ether oxygens (including phenoxy) is 2. The minimum absolute atomic E-state index is 0.00965. The second-order valence-corrected chi connectivity index (χ2v) is 9.19. The lowest BCUT2D eigenvalue weighted by molar-refractivity contribution is -0.120. The van der Waals surface area contributed by atoms with Gasteiger partial charge in [-0.05, 0) is 36.1 Å². The molecule has 0 spiro atoms. The fourth-order valence-electron chi connectivity index (χ4n) is 4.08. The van der Waals surface area contributed by atoms with Crippen LogP contribution in [0.2, 0.25) is 0 Å². The number of morpholine rings is 1. The smallest absolute Gasteiger partial charge is 0.354 e. The molecule has 1 saturated heterocycles. The van der Waals surface area contributed by atoms with Gasteiger partial charge in [0.1, 0.15) is 0 Å². The molecule has 0 unspecified atom stereocenters. The largest absolute Gasteiger partial charge is 0.494 e. The molecule has 0 amide bonds. The third-order valence-corrected chi connectivity index (χ3v) is 5.94. The van der Waals surface area contributed by atoms with Crippen molar-refractivity contribution in [3.05, 3.63) is 52.5 Å². The van der Waals surface area contributed by atoms with Gasteiger partial charge in [-0.25, -0.2) is 19.2 Å². The van der Waals surface area contributed by atoms with Crippen LogP contribution in [0.4, 0.5) is 4.39 Å². The van der Waals surface area contributed by atoms with Gasteiger partial charge >= 0.3 is 5.69 Å². The molecular formula is C25H31FN6O4. The molecule has 3 aromatic rings. The SMILES string of the molecule is COc1cc(-c2nn(-c3ncc(CCN4CCOCC4)cn3)c(=O)n2CC(=O)CC(C)C)ccc1F. The lowest BCUT2D eigenvalue weighted by Crippen LogP contribution is -2.37. The van der Waals surface area contributed by atoms with E-state index in [1.807, 2.05) is 13.8 Å². The Morgan fingerprint density at radius 1 is 1.19 bits per heavy atom. The van der Waals surface area contributed by atoms with E-state index >= 15 is 0 Å². The Labute approximate surface area is 208 Å². The molecule has 1 aromatic carbocycles. The van der Waals surface area contributed by atoms with Gasteiger partial charge in [0.15, 0.2) is 23.2 Å². The van der Waals surface area contributed by atoms with E-state index in [9.17, 15) is 14.0 Å². The van der Waals surface area contributed by atoms with Crippen LogP contribution in [0.3, 0.4) is 0 Å². The zero-order valence-electron chi connectivity index (χ0n) is 20.8. The van der Waals surface area contributed by atoms with Crippen LogP contribution in [-0.2, 0) is 22.5 Å². The van der Waals surface area contributed by atoms with Crippen molar-refractivity contribution < 1.29 is 18.7 Å². The molecule has 1 fully saturated rings. The van der Waals surface area contributed by atoms with E-state index in [-0.39, 0.29) is 35.8 Å². The third-order valence-electron chi connectivity index (χ3n) is 5.94. The lowest BCUT2D eigenvalue weighted by atomic mass is 10.1. The zero-order chi connectivity index (χ0) is 25.7. The number of benzene rings is 1. The van der Waals surface area contributed by atoms with Crippen molar-refractivity contribution in [2.45, 2.75) is 33.2 Å². The Kier molecular flexibility index (Phi) is 8.21. The first-order chi connectivity index (χ1) is 17.4. The number of methoxy groups -OCH3 is 1. The van der Waals surface area contributed by atoms with Crippen molar-refractivity contribution in [1.82, 2.24) is 29.2 Å². The van der Waals surface area contributed by atoms with E-state index in [2.05, 4.69) is 20.0 Å². The first kappa shape index (κ1) is 25.6. The Morgan fingerprint density at radius 3 is 2.58 bits per heavy atom. The number of rotatable bonds is 10. The zero-order valence-corrected chi connectivity index (χ0v) is 20.8. The van der Waals surface area contributed by atoms with E-state index in [0.717, 1.165) is 49.5 Å². The summed E-state index contributed by atoms with van der Waals surface area (Å²) >= 11 is 0. The van der Waals surface area contributed by atoms with Crippen molar-refractivity contribution in [2.75, 3.05) is 40.0 Å². The van der Waals surface area contributed by atoms with Crippen LogP contribution in [0.5, 0.6) is 5.75 Å². The fourth-order valence-corrected chi connectivity index (χ4v) is 4.08. The van der Waals surface area contributed by atoms with Gasteiger partial charge in [-0.1, -0.05) is 13.8 Å². The summed E-state index contributed by atoms with van der Waals surface area (Å²) < 4.78 is 26.8. The maximum atomic E-state index is 14.0. The Hall–Kier alpha value is -3.44. The molecule has 3 heterocycles. The number of carbonyl (C=O) groups excluding carboxylic acids is 1. The highest BCUT2D eigenvalue weighted by Crippen LogP contribution is 2.25. The topological polar surface area (TPSA) is 104 Å². The van der Waals surface area contributed by atoms with Gasteiger partial charge in [-0.15, -0.1) is 9.78 Å². The van der Waals surface area contributed by atoms with Gasteiger partial charge < -0.3 is 9.47 Å². The number of hydrogen-bond donors (Lipinski definition) is 0. The minimum atomic E-state index is -0.550. The molecule has 0 bridgehead atoms. The van der Waals surface area contributed by atoms with Crippen molar-refractivity contribution in [3.8, 4) is 23.1 Å². The van der Waals surface area contributed by atoms with Crippen molar-refractivity contribution >= 4 is 5.78 Å². The van der Waals surface area contributed by atoms with Gasteiger partial charge in [0.25, 0.3) is 5.95 Å². The molecule has 4 rings (SSSR count). The van der Waals surface area contributed by atoms with Crippen LogP contribution in [0.25, 0.3) is 17.3 Å². The Morgan fingerprint density at radius 2 is 1.92 bits per heavy atom. The first-order valence-corrected chi connectivity index (χ1v) is 12.0. The maximum Gasteiger partial charge on any atom is 0.354 e. The number of halogens is 1. The molecule has 10 nitrogen and oxygen atoms in total. The summed E-state index contributed by atoms with van der Waals surface area (Å²) in [4.78, 5) is 37.0. The van der Waals surface area contributed by atoms with Crippen molar-refractivity contribution in [3.63, 3.8) is 0 Å². The number of ketones is 1. The maximum absolute atomic E-state index is 14.0. The molecule has 0 saturated carbocycles. The highest BCUT2D eigenvalue weighted by Gasteiger charge is 2.21. The number of hydrogen-bond acceptors (Lipinski definition) is 8. The Bertz CT molecular complexity index is 1250. The monoisotopic (exact) mass is 498 g/mol. The van der Waals surface area contributed by atoms with Gasteiger partial charge in [-0.2, -0.15) is 0 Å². The highest BCUT2D eigenvalue weighted by atomic mass is 19.1. The quantitative estimate of drug-likeness (QED) is 0.419. The summed E-state index contributed by atoms with van der Waals surface area (Å²) in [6.07, 6.45) is 4.45. The standard InChI is InChI=1S/C25H31FN6O4/c1-17(2)12-20(33)16-31-23(19-4-5-21(26)22(13-19)35-3)29-32(25(31)34)24-27-14-18(15-28-24)6-7-30-8-10-36-11-9-30/h4-5,13-15,17H,6-12,16H2,1-3H3. The van der Waals surface area contributed by atoms with E-state index in [0.29, 0.717) is 12.0 Å². The summed E-state index contributed by atoms with van der Waals surface area (Å²) in [6, 6.07) is 4.17. The number of Topliss-reactive ketones (excluding diaryl/α,β-unsaturated/α-hetero) is 1. The molecule has 1 aliphatic heterocycles. The van der Waals surface area contributed by atoms with E-state index in [1.165, 1.54) is 29.9 Å². The number of carbonyl (C=O) groups is 1. The van der Waals surface area contributed by atoms with Crippen molar-refractivity contribution in [1.29, 1.82) is 0 Å². The van der Waals surface area contributed by atoms with Crippen LogP contribution < -0.4 is 10.4 Å². The van der Waals surface area contributed by atoms with Crippen LogP contribution in [0.15, 0.2) is 35.4 Å². The average molecular weight is 499 g/mol. The molecule has 192 valence electrons. The van der Waals surface area contributed by atoms with Crippen LogP contribution in [0.1, 0.15) is 25.8 Å². The van der Waals surface area contributed by atoms with Gasteiger partial charge in [0.2, 0.25) is 0 Å². The molecule has 0 atom stereocenters. The number of nitrogens with zero attached hydrogens (tertiary/aromatic N) is 6. The Balaban J connectivity index is 1.63. The summed E-state index contributed by atoms with van der Waals surface area (Å²) in [5, 5.41) is 4.43. The average Bonchev–Trinajstić information content (AvgIpc) is 3.19. The van der Waals surface area contributed by atoms with E-state index in [4.69, 9.17) is 9.47 Å². The molecule has 2 aromatic heterocycles. The van der Waals surface area contributed by atoms with E-state index in [1.54, 1.807) is 12.4 Å². The minimum Gasteiger partial charge on any atom is -0.494 e. The predicted octanol–water partition coefficient (Wildman–Crippen LogP) is 2.13. The molecule has 36 heavy (non-hydrogen) atoms. The first-order valence-electron chi connectivity index (χ1n) is 12.0. The summed E-state index contributed by atoms with van der Waals surface area (Å²) in [5.74, 6) is -0.194. The third kappa shape index (κ3) is 6.03. The van der Waals surface area contributed by atoms with Crippen LogP contribution in [-0.4, -0.2) is 75.0 Å². The fraction of sp³-hybridized carbons (Fsp3) is 0.480. The van der Waals surface area contributed by atoms with Gasteiger partial charge in [0, 0.05) is 44.0 Å². The second kappa shape index (κ2) is 11.5. The highest BCUT2D eigenvalue weighted by molar-refractivity contribution is 5.79. The molecule has 11 heteroatoms. The van der Waals surface area contributed by atoms with Gasteiger partial charge in [0.05, 0.1) is 26.9 Å². The molecule has 1 aliphatic rings.